The van der Waals surface area contributed by atoms with Crippen molar-refractivity contribution in [1.82, 2.24) is 10.2 Å². The number of carbonyl (C=O) groups excluding carboxylic acids is 5. The number of methoxy groups -OCH3 is 1. The van der Waals surface area contributed by atoms with Crippen LogP contribution in [0.3, 0.4) is 0 Å². The minimum atomic E-state index is -4.51. The van der Waals surface area contributed by atoms with Crippen LogP contribution in [0.25, 0.3) is 0 Å². The molecule has 0 saturated carbocycles. The van der Waals surface area contributed by atoms with Gasteiger partial charge in [-0.3, -0.25) is 24.1 Å². The number of nitrogens with one attached hydrogen (secondary N) is 1. The van der Waals surface area contributed by atoms with E-state index in [0.29, 0.717) is 5.69 Å². The van der Waals surface area contributed by atoms with E-state index in [1.54, 1.807) is 11.0 Å². The van der Waals surface area contributed by atoms with Gasteiger partial charge < -0.3 is 33.9 Å². The number of carbonyl (C=O) groups is 5. The average molecular weight is 644 g/mol. The molecule has 0 aromatic heterocycles. The Bertz CT molecular complexity index is 1300. The van der Waals surface area contributed by atoms with Crippen molar-refractivity contribution in [3.63, 3.8) is 0 Å². The van der Waals surface area contributed by atoms with Crippen molar-refractivity contribution in [2.45, 2.75) is 64.3 Å². The number of hydrogen-bond donors (Lipinski definition) is 1. The maximum atomic E-state index is 13.3. The van der Waals surface area contributed by atoms with Crippen LogP contribution in [0.5, 0.6) is 0 Å². The van der Waals surface area contributed by atoms with Crippen LogP contribution in [0.4, 0.5) is 18.9 Å². The van der Waals surface area contributed by atoms with E-state index in [1.165, 1.54) is 19.1 Å². The van der Waals surface area contributed by atoms with E-state index in [4.69, 9.17) is 23.7 Å². The number of benzene rings is 1. The molecule has 3 rings (SSSR count). The number of alkyl halides is 3. The quantitative estimate of drug-likeness (QED) is 0.291. The van der Waals surface area contributed by atoms with E-state index in [0.717, 1.165) is 40.0 Å². The second kappa shape index (κ2) is 15.1. The van der Waals surface area contributed by atoms with Crippen molar-refractivity contribution in [2.24, 2.45) is 0 Å². The molecular weight excluding hydrogens is 607 g/mol. The maximum absolute atomic E-state index is 13.3. The highest BCUT2D eigenvalue weighted by atomic mass is 19.4. The fourth-order valence-electron chi connectivity index (χ4n) is 5.25. The molecule has 0 unspecified atom stereocenters. The zero-order chi connectivity index (χ0) is 33.5. The third kappa shape index (κ3) is 9.57. The predicted molar refractivity (Wildman–Crippen MR) is 149 cm³/mol. The second-order valence-electron chi connectivity index (χ2n) is 10.4. The normalized spacial score (nSPS) is 21.7. The summed E-state index contributed by atoms with van der Waals surface area (Å²) >= 11 is 0. The van der Waals surface area contributed by atoms with Gasteiger partial charge in [0.1, 0.15) is 6.61 Å². The van der Waals surface area contributed by atoms with Gasteiger partial charge in [-0.25, -0.2) is 4.79 Å². The van der Waals surface area contributed by atoms with E-state index >= 15 is 0 Å². The highest BCUT2D eigenvalue weighted by Gasteiger charge is 2.49. The Morgan fingerprint density at radius 2 is 1.62 bits per heavy atom. The monoisotopic (exact) mass is 643 g/mol. The Morgan fingerprint density at radius 3 is 2.16 bits per heavy atom. The number of rotatable bonds is 10. The highest BCUT2D eigenvalue weighted by molar-refractivity contribution is 5.86. The number of amides is 1. The van der Waals surface area contributed by atoms with Crippen LogP contribution < -0.4 is 10.2 Å². The third-order valence-corrected chi connectivity index (χ3v) is 7.10. The van der Waals surface area contributed by atoms with Crippen LogP contribution in [-0.4, -0.2) is 105 Å². The van der Waals surface area contributed by atoms with Gasteiger partial charge in [-0.2, -0.15) is 13.2 Å². The van der Waals surface area contributed by atoms with E-state index in [2.05, 4.69) is 5.32 Å². The van der Waals surface area contributed by atoms with Gasteiger partial charge in [-0.1, -0.05) is 6.07 Å². The summed E-state index contributed by atoms with van der Waals surface area (Å²) in [5.41, 5.74) is -0.401. The molecule has 0 spiro atoms. The smallest absolute Gasteiger partial charge is 0.416 e. The van der Waals surface area contributed by atoms with Crippen molar-refractivity contribution in [1.29, 1.82) is 0 Å². The summed E-state index contributed by atoms with van der Waals surface area (Å²) in [6.07, 6.45) is -7.35. The fourth-order valence-corrected chi connectivity index (χ4v) is 5.25. The molecule has 2 aliphatic rings. The Morgan fingerprint density at radius 1 is 0.978 bits per heavy atom. The third-order valence-electron chi connectivity index (χ3n) is 7.10. The van der Waals surface area contributed by atoms with Crippen LogP contribution in [0, 0.1) is 0 Å². The Kier molecular flexibility index (Phi) is 11.8. The second-order valence-corrected chi connectivity index (χ2v) is 10.4. The molecular formula is C29H36F3N3O10. The molecule has 1 amide bonds. The molecule has 1 aromatic carbocycles. The summed E-state index contributed by atoms with van der Waals surface area (Å²) in [5.74, 6) is -4.04. The first-order chi connectivity index (χ1) is 21.1. The molecule has 13 nitrogen and oxygen atoms in total. The van der Waals surface area contributed by atoms with Crippen LogP contribution >= 0.6 is 0 Å². The van der Waals surface area contributed by atoms with Crippen molar-refractivity contribution in [2.75, 3.05) is 44.8 Å². The summed E-state index contributed by atoms with van der Waals surface area (Å²) in [5, 5.41) is 2.77. The molecule has 1 saturated heterocycles. The number of ether oxygens (including phenoxy) is 5. The van der Waals surface area contributed by atoms with Gasteiger partial charge in [0.2, 0.25) is 11.7 Å². The maximum Gasteiger partial charge on any atom is 0.416 e. The largest absolute Gasteiger partial charge is 0.477 e. The molecule has 45 heavy (non-hydrogen) atoms. The van der Waals surface area contributed by atoms with Gasteiger partial charge in [0.25, 0.3) is 0 Å². The van der Waals surface area contributed by atoms with Crippen LogP contribution in [0.1, 0.15) is 33.3 Å². The van der Waals surface area contributed by atoms with Crippen molar-refractivity contribution < 1.29 is 60.8 Å². The average Bonchev–Trinajstić information content (AvgIpc) is 2.97. The number of piperazine rings is 1. The van der Waals surface area contributed by atoms with Gasteiger partial charge in [0.15, 0.2) is 18.3 Å². The molecule has 16 heteroatoms. The van der Waals surface area contributed by atoms with E-state index in [1.807, 2.05) is 4.90 Å². The van der Waals surface area contributed by atoms with E-state index < -0.39 is 78.5 Å². The van der Waals surface area contributed by atoms with E-state index in [-0.39, 0.29) is 31.9 Å². The molecule has 248 valence electrons. The molecule has 0 bridgehead atoms. The topological polar surface area (TPSA) is 150 Å². The number of halogens is 3. The van der Waals surface area contributed by atoms with Crippen LogP contribution in [0.2, 0.25) is 0 Å². The zero-order valence-corrected chi connectivity index (χ0v) is 25.4. The summed E-state index contributed by atoms with van der Waals surface area (Å²) in [6.45, 7) is 5.10. The number of anilines is 1. The van der Waals surface area contributed by atoms with Crippen LogP contribution in [0.15, 0.2) is 36.1 Å². The van der Waals surface area contributed by atoms with Gasteiger partial charge in [0, 0.05) is 59.6 Å². The summed E-state index contributed by atoms with van der Waals surface area (Å²) in [4.78, 5) is 64.7. The van der Waals surface area contributed by atoms with Gasteiger partial charge in [0.05, 0.1) is 24.8 Å². The number of hydrogen-bond acceptors (Lipinski definition) is 12. The van der Waals surface area contributed by atoms with Gasteiger partial charge >= 0.3 is 30.1 Å². The minimum absolute atomic E-state index is 0.272. The summed E-state index contributed by atoms with van der Waals surface area (Å²) in [7, 11) is 1.12. The highest BCUT2D eigenvalue weighted by Crippen LogP contribution is 2.33. The first kappa shape index (κ1) is 35.1. The Hall–Kier alpha value is -4.34. The van der Waals surface area contributed by atoms with Crippen molar-refractivity contribution in [3.8, 4) is 0 Å². The van der Waals surface area contributed by atoms with Crippen molar-refractivity contribution in [3.05, 3.63) is 41.7 Å². The Balaban J connectivity index is 2.00. The first-order valence-electron chi connectivity index (χ1n) is 14.0. The lowest BCUT2D eigenvalue weighted by Gasteiger charge is -2.47. The summed E-state index contributed by atoms with van der Waals surface area (Å²) in [6, 6.07) is 3.13. The van der Waals surface area contributed by atoms with Crippen molar-refractivity contribution >= 4 is 35.5 Å². The van der Waals surface area contributed by atoms with E-state index in [9.17, 15) is 37.1 Å². The van der Waals surface area contributed by atoms with Crippen LogP contribution in [-0.2, 0) is 53.8 Å². The predicted octanol–water partition coefficient (Wildman–Crippen LogP) is 1.58. The molecule has 1 aromatic rings. The number of nitrogens with zero attached hydrogens (tertiary/aromatic N) is 2. The molecule has 1 N–H and O–H groups in total. The molecule has 2 aliphatic heterocycles. The fraction of sp³-hybridized carbons (Fsp3) is 0.552. The molecule has 0 radical (unpaired) electrons. The minimum Gasteiger partial charge on any atom is -0.477 e. The SMILES string of the molecule is COC(=O)C1=C[C@H](N2CCN(c3cccc(C(F)(F)F)c3)CC2)[C@@H](NC(C)=O)[C@H]([C@H](OC(C)=O)[C@@H](COC(C)=O)OC(C)=O)O1. The Labute approximate surface area is 257 Å². The zero-order valence-electron chi connectivity index (χ0n) is 25.4. The molecule has 5 atom stereocenters. The molecule has 0 aliphatic carbocycles. The summed E-state index contributed by atoms with van der Waals surface area (Å²) < 4.78 is 66.7. The number of esters is 4. The van der Waals surface area contributed by atoms with Gasteiger partial charge in [-0.05, 0) is 24.3 Å². The lowest BCUT2D eigenvalue weighted by atomic mass is 9.90. The lowest BCUT2D eigenvalue weighted by molar-refractivity contribution is -0.189. The molecule has 1 fully saturated rings. The standard InChI is InChI=1S/C29H36F3N3O10/c1-16(36)33-25-22(35-11-9-34(10-12-35)21-8-6-7-20(13-21)29(30,31)32)14-23(28(40)41-5)45-27(25)26(44-19(4)39)24(43-18(3)38)15-42-17(2)37/h6-8,13-14,22,24-27H,9-12,15H2,1-5H3,(H,33,36)/t22-,24+,25+,26+,27+/m0/s1. The first-order valence-corrected chi connectivity index (χ1v) is 14.0. The lowest BCUT2D eigenvalue weighted by Crippen LogP contribution is -2.66. The van der Waals surface area contributed by atoms with Gasteiger partial charge in [-0.15, -0.1) is 0 Å². The molecule has 2 heterocycles.